The van der Waals surface area contributed by atoms with Gasteiger partial charge in [-0.05, 0) is 37.5 Å². The minimum Gasteiger partial charge on any atom is -0.462 e. The van der Waals surface area contributed by atoms with Gasteiger partial charge in [0.1, 0.15) is 19.3 Å². The van der Waals surface area contributed by atoms with Gasteiger partial charge < -0.3 is 33.8 Å². The Balaban J connectivity index is 5.15. The Labute approximate surface area is 588 Å². The number of phosphoric acid groups is 2. The summed E-state index contributed by atoms with van der Waals surface area (Å²) >= 11 is 0. The molecule has 0 heterocycles. The third-order valence-electron chi connectivity index (χ3n) is 18.0. The van der Waals surface area contributed by atoms with Crippen molar-refractivity contribution >= 4 is 39.5 Å². The van der Waals surface area contributed by atoms with Gasteiger partial charge in [0.2, 0.25) is 0 Å². The molecule has 0 aliphatic carbocycles. The molecule has 0 fully saturated rings. The summed E-state index contributed by atoms with van der Waals surface area (Å²) in [4.78, 5) is 72.6. The molecule has 0 aromatic rings. The minimum absolute atomic E-state index is 0.103. The molecular weight excluding hydrogens is 1260 g/mol. The van der Waals surface area contributed by atoms with E-state index in [1.165, 1.54) is 205 Å². The number of phosphoric ester groups is 2. The zero-order valence-electron chi connectivity index (χ0n) is 62.7. The summed E-state index contributed by atoms with van der Waals surface area (Å²) in [5.41, 5.74) is 0. The standard InChI is InChI=1S/C77H150O17P2/c1-7-9-11-13-15-16-17-18-19-20-21-22-23-24-27-31-34-37-43-49-55-61-76(81)93-73(66-88-75(80)60-54-48-42-36-33-30-28-25-26-29-32-35-40-45-51-57-69(3)4)68-92-96(85,86)90-64-71(78)63-89-95(83,84)91-67-72(65-87-74(79)59-53-47-39-14-12-10-8-2)94-77(82)62-56-50-44-38-41-46-52-58-70(5)6/h69-73,78H,7-68H2,1-6H3,(H,83,84)(H,85,86)/t71-,72+,73+/m0/s1. The molecule has 3 N–H and O–H groups in total. The first-order valence-corrected chi connectivity index (χ1v) is 43.0. The van der Waals surface area contributed by atoms with Crippen molar-refractivity contribution in [1.29, 1.82) is 0 Å². The first-order valence-electron chi connectivity index (χ1n) is 40.0. The van der Waals surface area contributed by atoms with Gasteiger partial charge in [-0.25, -0.2) is 9.13 Å². The van der Waals surface area contributed by atoms with Crippen LogP contribution < -0.4 is 0 Å². The van der Waals surface area contributed by atoms with Crippen LogP contribution in [0.2, 0.25) is 0 Å². The topological polar surface area (TPSA) is 237 Å². The highest BCUT2D eigenvalue weighted by atomic mass is 31.2. The number of ether oxygens (including phenoxy) is 4. The summed E-state index contributed by atoms with van der Waals surface area (Å²) in [5.74, 6) is -0.620. The van der Waals surface area contributed by atoms with Gasteiger partial charge in [0, 0.05) is 25.7 Å². The smallest absolute Gasteiger partial charge is 0.462 e. The molecule has 570 valence electrons. The van der Waals surface area contributed by atoms with Gasteiger partial charge in [-0.15, -0.1) is 0 Å². The van der Waals surface area contributed by atoms with Crippen LogP contribution in [-0.4, -0.2) is 96.7 Å². The van der Waals surface area contributed by atoms with Crippen LogP contribution in [0.4, 0.5) is 0 Å². The van der Waals surface area contributed by atoms with Crippen molar-refractivity contribution in [2.75, 3.05) is 39.6 Å². The number of carbonyl (C=O) groups is 4. The largest absolute Gasteiger partial charge is 0.472 e. The third-order valence-corrected chi connectivity index (χ3v) is 19.9. The van der Waals surface area contributed by atoms with Crippen molar-refractivity contribution in [3.63, 3.8) is 0 Å². The second-order valence-corrected chi connectivity index (χ2v) is 31.6. The number of aliphatic hydroxyl groups excluding tert-OH is 1. The van der Waals surface area contributed by atoms with E-state index in [1.54, 1.807) is 0 Å². The molecule has 0 aromatic heterocycles. The molecule has 0 spiro atoms. The van der Waals surface area contributed by atoms with Crippen LogP contribution >= 0.6 is 15.6 Å². The first-order chi connectivity index (χ1) is 46.4. The second kappa shape index (κ2) is 68.8. The highest BCUT2D eigenvalue weighted by Crippen LogP contribution is 2.45. The average Bonchev–Trinajstić information content (AvgIpc) is 1.09. The Morgan fingerprint density at radius 1 is 0.281 bits per heavy atom. The zero-order chi connectivity index (χ0) is 70.7. The Morgan fingerprint density at radius 2 is 0.479 bits per heavy atom. The maximum Gasteiger partial charge on any atom is 0.472 e. The van der Waals surface area contributed by atoms with E-state index in [4.69, 9.17) is 37.0 Å². The van der Waals surface area contributed by atoms with Crippen molar-refractivity contribution < 1.29 is 80.2 Å². The van der Waals surface area contributed by atoms with Crippen LogP contribution in [0.25, 0.3) is 0 Å². The van der Waals surface area contributed by atoms with E-state index in [0.717, 1.165) is 109 Å². The summed E-state index contributed by atoms with van der Waals surface area (Å²) in [7, 11) is -9.90. The van der Waals surface area contributed by atoms with Gasteiger partial charge in [-0.1, -0.05) is 350 Å². The lowest BCUT2D eigenvalue weighted by Gasteiger charge is -2.21. The predicted molar refractivity (Wildman–Crippen MR) is 391 cm³/mol. The van der Waals surface area contributed by atoms with Gasteiger partial charge in [-0.2, -0.15) is 0 Å². The van der Waals surface area contributed by atoms with E-state index >= 15 is 0 Å². The number of carbonyl (C=O) groups excluding carboxylic acids is 4. The summed E-state index contributed by atoms with van der Waals surface area (Å²) in [6.07, 6.45) is 57.4. The van der Waals surface area contributed by atoms with Crippen LogP contribution in [0.5, 0.6) is 0 Å². The fraction of sp³-hybridized carbons (Fsp3) is 0.948. The summed E-state index contributed by atoms with van der Waals surface area (Å²) < 4.78 is 68.4. The molecule has 17 nitrogen and oxygen atoms in total. The minimum atomic E-state index is -4.96. The fourth-order valence-corrected chi connectivity index (χ4v) is 13.4. The van der Waals surface area contributed by atoms with Crippen molar-refractivity contribution in [2.45, 2.75) is 419 Å². The van der Waals surface area contributed by atoms with Gasteiger partial charge in [-0.3, -0.25) is 37.3 Å². The van der Waals surface area contributed by atoms with Crippen LogP contribution in [0.1, 0.15) is 401 Å². The molecule has 0 saturated carbocycles. The quantitative estimate of drug-likeness (QED) is 0.0222. The summed E-state index contributed by atoms with van der Waals surface area (Å²) in [6.45, 7) is 9.52. The molecule has 19 heteroatoms. The Kier molecular flexibility index (Phi) is 67.4. The number of unbranched alkanes of at least 4 members (excludes halogenated alkanes) is 46. The lowest BCUT2D eigenvalue weighted by molar-refractivity contribution is -0.161. The average molecular weight is 1410 g/mol. The van der Waals surface area contributed by atoms with Crippen LogP contribution in [0.3, 0.4) is 0 Å². The second-order valence-electron chi connectivity index (χ2n) is 28.7. The molecule has 96 heavy (non-hydrogen) atoms. The van der Waals surface area contributed by atoms with E-state index in [2.05, 4.69) is 41.5 Å². The van der Waals surface area contributed by atoms with Gasteiger partial charge >= 0.3 is 39.5 Å². The molecule has 0 aliphatic heterocycles. The molecule has 0 radical (unpaired) electrons. The monoisotopic (exact) mass is 1410 g/mol. The van der Waals surface area contributed by atoms with Crippen molar-refractivity contribution in [3.05, 3.63) is 0 Å². The van der Waals surface area contributed by atoms with Crippen molar-refractivity contribution in [2.24, 2.45) is 11.8 Å². The first kappa shape index (κ1) is 94.1. The fourth-order valence-electron chi connectivity index (χ4n) is 11.8. The molecule has 0 amide bonds. The maximum atomic E-state index is 13.1. The normalized spacial score (nSPS) is 14.0. The molecule has 2 unspecified atom stereocenters. The Hall–Kier alpha value is -1.94. The van der Waals surface area contributed by atoms with Crippen molar-refractivity contribution in [3.8, 4) is 0 Å². The number of hydrogen-bond donors (Lipinski definition) is 3. The number of hydrogen-bond acceptors (Lipinski definition) is 15. The van der Waals surface area contributed by atoms with Gasteiger partial charge in [0.15, 0.2) is 12.2 Å². The predicted octanol–water partition coefficient (Wildman–Crippen LogP) is 22.7. The zero-order valence-corrected chi connectivity index (χ0v) is 64.5. The summed E-state index contributed by atoms with van der Waals surface area (Å²) in [6, 6.07) is 0. The van der Waals surface area contributed by atoms with Crippen molar-refractivity contribution in [1.82, 2.24) is 0 Å². The van der Waals surface area contributed by atoms with Gasteiger partial charge in [0.25, 0.3) is 0 Å². The van der Waals surface area contributed by atoms with Crippen LogP contribution in [-0.2, 0) is 65.4 Å². The van der Waals surface area contributed by atoms with E-state index in [1.807, 2.05) is 0 Å². The van der Waals surface area contributed by atoms with Crippen LogP contribution in [0, 0.1) is 11.8 Å². The Morgan fingerprint density at radius 3 is 0.708 bits per heavy atom. The maximum absolute atomic E-state index is 13.1. The molecule has 5 atom stereocenters. The number of rotatable bonds is 76. The Bertz CT molecular complexity index is 1860. The van der Waals surface area contributed by atoms with E-state index in [-0.39, 0.29) is 25.7 Å². The van der Waals surface area contributed by atoms with Crippen LogP contribution in [0.15, 0.2) is 0 Å². The number of esters is 4. The molecule has 0 rings (SSSR count). The molecule has 0 bridgehead atoms. The number of aliphatic hydroxyl groups is 1. The molecule has 0 aliphatic rings. The molecule has 0 saturated heterocycles. The molecule has 0 aromatic carbocycles. The summed E-state index contributed by atoms with van der Waals surface area (Å²) in [5, 5.41) is 10.6. The lowest BCUT2D eigenvalue weighted by atomic mass is 10.0. The highest BCUT2D eigenvalue weighted by Gasteiger charge is 2.30. The van der Waals surface area contributed by atoms with E-state index in [9.17, 15) is 43.2 Å². The SMILES string of the molecule is CCCCCCCCCCCCCCCCCCCCCCCC(=O)O[C@H](COC(=O)CCCCCCCCCCCCCCCCCC(C)C)COP(=O)(O)OC[C@@H](O)COP(=O)(O)OC[C@@H](COC(=O)CCCCCCCCC)OC(=O)CCCCCCCCCC(C)C. The van der Waals surface area contributed by atoms with E-state index < -0.39 is 97.5 Å². The third kappa shape index (κ3) is 70.5. The highest BCUT2D eigenvalue weighted by molar-refractivity contribution is 7.47. The van der Waals surface area contributed by atoms with E-state index in [0.29, 0.717) is 31.6 Å². The molecular formula is C77H150O17P2. The lowest BCUT2D eigenvalue weighted by Crippen LogP contribution is -2.30. The van der Waals surface area contributed by atoms with Gasteiger partial charge in [0.05, 0.1) is 26.4 Å².